The molecule has 2 atom stereocenters. The molecule has 16 heavy (non-hydrogen) atoms. The summed E-state index contributed by atoms with van der Waals surface area (Å²) in [5.74, 6) is 0. The van der Waals surface area contributed by atoms with Crippen LogP contribution in [0.2, 0.25) is 0 Å². The van der Waals surface area contributed by atoms with E-state index < -0.39 is 0 Å². The minimum absolute atomic E-state index is 0.302. The molecular weight excluding hydrogens is 286 g/mol. The first-order valence-corrected chi connectivity index (χ1v) is 7.26. The highest BCUT2D eigenvalue weighted by molar-refractivity contribution is 9.11. The third-order valence-electron chi connectivity index (χ3n) is 2.75. The maximum absolute atomic E-state index is 5.55. The molecule has 1 aromatic rings. The highest BCUT2D eigenvalue weighted by Crippen LogP contribution is 2.24. The monoisotopic (exact) mass is 305 g/mol. The van der Waals surface area contributed by atoms with Gasteiger partial charge in [0.05, 0.1) is 9.89 Å². The van der Waals surface area contributed by atoms with Gasteiger partial charge in [0.25, 0.3) is 0 Å². The van der Waals surface area contributed by atoms with Gasteiger partial charge in [-0.25, -0.2) is 0 Å². The molecule has 1 aromatic heterocycles. The smallest absolute Gasteiger partial charge is 0.0727 e. The molecule has 0 aliphatic carbocycles. The normalized spacial score (nSPS) is 15.0. The van der Waals surface area contributed by atoms with Crippen molar-refractivity contribution < 1.29 is 4.74 Å². The lowest BCUT2D eigenvalue weighted by molar-refractivity contribution is 0.0635. The lowest BCUT2D eigenvalue weighted by Crippen LogP contribution is -2.40. The van der Waals surface area contributed by atoms with Crippen molar-refractivity contribution in [2.24, 2.45) is 0 Å². The van der Waals surface area contributed by atoms with Crippen molar-refractivity contribution in [2.75, 3.05) is 14.2 Å². The van der Waals surface area contributed by atoms with E-state index in [4.69, 9.17) is 4.74 Å². The fraction of sp³-hybridized carbons (Fsp3) is 0.667. The third kappa shape index (κ3) is 4.17. The molecule has 0 bridgehead atoms. The van der Waals surface area contributed by atoms with Crippen LogP contribution in [0.15, 0.2) is 15.9 Å². The molecule has 1 heterocycles. The number of methoxy groups -OCH3 is 1. The number of halogens is 1. The molecule has 0 saturated carbocycles. The minimum atomic E-state index is 0.302. The first-order valence-electron chi connectivity index (χ1n) is 5.65. The number of ether oxygens (including phenoxy) is 1. The second-order valence-electron chi connectivity index (χ2n) is 3.87. The molecule has 2 unspecified atom stereocenters. The van der Waals surface area contributed by atoms with Crippen LogP contribution in [-0.4, -0.2) is 26.3 Å². The van der Waals surface area contributed by atoms with Gasteiger partial charge in [-0.05, 0) is 48.0 Å². The highest BCUT2D eigenvalue weighted by Gasteiger charge is 2.19. The van der Waals surface area contributed by atoms with Gasteiger partial charge in [-0.2, -0.15) is 0 Å². The van der Waals surface area contributed by atoms with E-state index in [1.807, 2.05) is 7.05 Å². The van der Waals surface area contributed by atoms with Crippen LogP contribution in [0.5, 0.6) is 0 Å². The summed E-state index contributed by atoms with van der Waals surface area (Å²) in [6.07, 6.45) is 3.60. The van der Waals surface area contributed by atoms with E-state index in [-0.39, 0.29) is 0 Å². The molecule has 92 valence electrons. The number of likely N-dealkylation sites (N-methyl/N-ethyl adjacent to an activating group) is 1. The first-order chi connectivity index (χ1) is 7.71. The average Bonchev–Trinajstić information content (AvgIpc) is 2.69. The van der Waals surface area contributed by atoms with Crippen molar-refractivity contribution >= 4 is 27.3 Å². The van der Waals surface area contributed by atoms with E-state index in [9.17, 15) is 0 Å². The van der Waals surface area contributed by atoms with Crippen molar-refractivity contribution in [2.45, 2.75) is 38.3 Å². The van der Waals surface area contributed by atoms with Crippen molar-refractivity contribution in [3.63, 3.8) is 0 Å². The van der Waals surface area contributed by atoms with Crippen LogP contribution in [0.1, 0.15) is 24.6 Å². The Bertz CT molecular complexity index is 303. The Hall–Kier alpha value is 0.1000. The van der Waals surface area contributed by atoms with Crippen LogP contribution in [0.25, 0.3) is 0 Å². The molecule has 0 aliphatic heterocycles. The van der Waals surface area contributed by atoms with E-state index in [0.29, 0.717) is 12.1 Å². The summed E-state index contributed by atoms with van der Waals surface area (Å²) in [5.41, 5.74) is 0. The van der Waals surface area contributed by atoms with Crippen LogP contribution in [0.3, 0.4) is 0 Å². The van der Waals surface area contributed by atoms with E-state index >= 15 is 0 Å². The van der Waals surface area contributed by atoms with Crippen LogP contribution < -0.4 is 5.32 Å². The Labute approximate surface area is 111 Å². The van der Waals surface area contributed by atoms with E-state index in [1.54, 1.807) is 18.4 Å². The molecule has 4 heteroatoms. The standard InChI is InChI=1S/C12H20BrNOS/c1-4-5-11(15-3)10(14-2)8-9-6-7-12(13)16-9/h6-7,10-11,14H,4-5,8H2,1-3H3. The fourth-order valence-electron chi connectivity index (χ4n) is 1.87. The summed E-state index contributed by atoms with van der Waals surface area (Å²) in [5, 5.41) is 3.36. The van der Waals surface area contributed by atoms with Crippen molar-refractivity contribution in [3.8, 4) is 0 Å². The van der Waals surface area contributed by atoms with Gasteiger partial charge < -0.3 is 10.1 Å². The number of nitrogens with one attached hydrogen (secondary N) is 1. The Morgan fingerprint density at radius 2 is 2.25 bits per heavy atom. The van der Waals surface area contributed by atoms with Gasteiger partial charge in [0.2, 0.25) is 0 Å². The number of rotatable bonds is 7. The summed E-state index contributed by atoms with van der Waals surface area (Å²) in [4.78, 5) is 1.39. The van der Waals surface area contributed by atoms with Crippen molar-refractivity contribution in [3.05, 3.63) is 20.8 Å². The molecule has 0 saturated heterocycles. The topological polar surface area (TPSA) is 21.3 Å². The highest BCUT2D eigenvalue weighted by atomic mass is 79.9. The maximum atomic E-state index is 5.55. The summed E-state index contributed by atoms with van der Waals surface area (Å²) in [6.45, 7) is 2.19. The summed E-state index contributed by atoms with van der Waals surface area (Å²) in [7, 11) is 3.81. The summed E-state index contributed by atoms with van der Waals surface area (Å²) < 4.78 is 6.75. The Kier molecular flexibility index (Phi) is 6.58. The lowest BCUT2D eigenvalue weighted by atomic mass is 10.0. The SMILES string of the molecule is CCCC(OC)C(Cc1ccc(Br)s1)NC. The molecule has 1 N–H and O–H groups in total. The maximum Gasteiger partial charge on any atom is 0.0727 e. The van der Waals surface area contributed by atoms with Crippen LogP contribution in [0, 0.1) is 0 Å². The zero-order valence-electron chi connectivity index (χ0n) is 10.1. The largest absolute Gasteiger partial charge is 0.380 e. The summed E-state index contributed by atoms with van der Waals surface area (Å²) >= 11 is 5.29. The molecule has 2 nitrogen and oxygen atoms in total. The quantitative estimate of drug-likeness (QED) is 0.833. The van der Waals surface area contributed by atoms with Gasteiger partial charge >= 0.3 is 0 Å². The van der Waals surface area contributed by atoms with Crippen LogP contribution in [-0.2, 0) is 11.2 Å². The van der Waals surface area contributed by atoms with Crippen molar-refractivity contribution in [1.29, 1.82) is 0 Å². The number of hydrogen-bond donors (Lipinski definition) is 1. The van der Waals surface area contributed by atoms with Gasteiger partial charge in [-0.15, -0.1) is 11.3 Å². The van der Waals surface area contributed by atoms with Gasteiger partial charge in [0, 0.05) is 18.0 Å². The molecule has 0 radical (unpaired) electrons. The average molecular weight is 306 g/mol. The zero-order valence-corrected chi connectivity index (χ0v) is 12.5. The van der Waals surface area contributed by atoms with Crippen molar-refractivity contribution in [1.82, 2.24) is 5.32 Å². The second-order valence-corrected chi connectivity index (χ2v) is 6.42. The molecule has 0 fully saturated rings. The Morgan fingerprint density at radius 3 is 2.69 bits per heavy atom. The Balaban J connectivity index is 2.59. The van der Waals surface area contributed by atoms with E-state index in [2.05, 4.69) is 40.3 Å². The van der Waals surface area contributed by atoms with Crippen LogP contribution >= 0.6 is 27.3 Å². The summed E-state index contributed by atoms with van der Waals surface area (Å²) in [6, 6.07) is 4.68. The fourth-order valence-corrected chi connectivity index (χ4v) is 3.41. The van der Waals surface area contributed by atoms with Gasteiger partial charge in [-0.3, -0.25) is 0 Å². The van der Waals surface area contributed by atoms with Gasteiger partial charge in [-0.1, -0.05) is 13.3 Å². The molecule has 0 aromatic carbocycles. The van der Waals surface area contributed by atoms with E-state index in [1.165, 1.54) is 8.66 Å². The van der Waals surface area contributed by atoms with Crippen LogP contribution in [0.4, 0.5) is 0 Å². The van der Waals surface area contributed by atoms with Gasteiger partial charge in [0.15, 0.2) is 0 Å². The predicted molar refractivity (Wildman–Crippen MR) is 74.3 cm³/mol. The second kappa shape index (κ2) is 7.43. The Morgan fingerprint density at radius 1 is 1.50 bits per heavy atom. The minimum Gasteiger partial charge on any atom is -0.380 e. The van der Waals surface area contributed by atoms with Gasteiger partial charge in [0.1, 0.15) is 0 Å². The molecule has 0 amide bonds. The van der Waals surface area contributed by atoms with E-state index in [0.717, 1.165) is 19.3 Å². The third-order valence-corrected chi connectivity index (χ3v) is 4.39. The molecule has 0 spiro atoms. The molecule has 1 rings (SSSR count). The molecular formula is C12H20BrNOS. The predicted octanol–water partition coefficient (Wildman–Crippen LogP) is 3.46. The first kappa shape index (κ1) is 14.2. The lowest BCUT2D eigenvalue weighted by Gasteiger charge is -2.25. The molecule has 0 aliphatic rings. The number of hydrogen-bond acceptors (Lipinski definition) is 3. The zero-order chi connectivity index (χ0) is 12.0. The number of thiophene rings is 1.